The van der Waals surface area contributed by atoms with Crippen molar-refractivity contribution >= 4 is 17.5 Å². The predicted molar refractivity (Wildman–Crippen MR) is 55.0 cm³/mol. The number of carbonyl (C=O) groups is 1. The summed E-state index contributed by atoms with van der Waals surface area (Å²) in [6.07, 6.45) is -3.89. The smallest absolute Gasteiger partial charge is 0.294 e. The average Bonchev–Trinajstić information content (AvgIpc) is 2.25. The average molecular weight is 268 g/mol. The van der Waals surface area contributed by atoms with E-state index in [0.29, 0.717) is 6.20 Å². The molecule has 1 aromatic heterocycles. The van der Waals surface area contributed by atoms with Crippen molar-refractivity contribution < 1.29 is 18.0 Å². The maximum atomic E-state index is 12.3. The van der Waals surface area contributed by atoms with Crippen LogP contribution in [0.4, 0.5) is 13.2 Å². The first-order valence-corrected chi connectivity index (χ1v) is 4.88. The lowest BCUT2D eigenvalue weighted by Crippen LogP contribution is -2.34. The van der Waals surface area contributed by atoms with Gasteiger partial charge >= 0.3 is 6.18 Å². The summed E-state index contributed by atoms with van der Waals surface area (Å²) < 4.78 is 37.0. The van der Waals surface area contributed by atoms with Gasteiger partial charge in [-0.05, 0) is 13.0 Å². The van der Waals surface area contributed by atoms with Crippen molar-refractivity contribution in [2.75, 3.05) is 0 Å². The second-order valence-electron chi connectivity index (χ2n) is 3.32. The van der Waals surface area contributed by atoms with Crippen LogP contribution in [0.1, 0.15) is 24.1 Å². The molecule has 0 spiro atoms. The monoisotopic (exact) mass is 267 g/mol. The highest BCUT2D eigenvalue weighted by atomic mass is 35.5. The molecule has 1 atom stereocenters. The molecule has 3 N–H and O–H groups in total. The molecule has 0 aliphatic rings. The molecule has 1 aromatic rings. The van der Waals surface area contributed by atoms with Crippen molar-refractivity contribution in [3.8, 4) is 0 Å². The molecule has 0 aromatic carbocycles. The molecule has 0 fully saturated rings. The minimum atomic E-state index is -4.52. The van der Waals surface area contributed by atoms with Crippen molar-refractivity contribution in [1.29, 1.82) is 0 Å². The molecule has 0 aliphatic heterocycles. The van der Waals surface area contributed by atoms with Gasteiger partial charge in [-0.3, -0.25) is 15.2 Å². The van der Waals surface area contributed by atoms with E-state index in [4.69, 9.17) is 17.4 Å². The summed E-state index contributed by atoms with van der Waals surface area (Å²) >= 11 is 5.65. The van der Waals surface area contributed by atoms with Gasteiger partial charge in [0.25, 0.3) is 0 Å². The van der Waals surface area contributed by atoms with Crippen LogP contribution in [0.15, 0.2) is 12.3 Å². The van der Waals surface area contributed by atoms with Crippen molar-refractivity contribution in [3.63, 3.8) is 0 Å². The first kappa shape index (κ1) is 13.7. The lowest BCUT2D eigenvalue weighted by Gasteiger charge is -2.13. The van der Waals surface area contributed by atoms with Gasteiger partial charge in [-0.2, -0.15) is 13.2 Å². The van der Waals surface area contributed by atoms with Crippen molar-refractivity contribution in [2.24, 2.45) is 5.84 Å². The summed E-state index contributed by atoms with van der Waals surface area (Å²) in [7, 11) is 0. The third-order valence-corrected chi connectivity index (χ3v) is 2.45. The van der Waals surface area contributed by atoms with Crippen LogP contribution >= 0.6 is 11.6 Å². The zero-order valence-corrected chi connectivity index (χ0v) is 9.43. The van der Waals surface area contributed by atoms with Gasteiger partial charge in [-0.1, -0.05) is 11.6 Å². The van der Waals surface area contributed by atoms with Crippen LogP contribution in [0.3, 0.4) is 0 Å². The van der Waals surface area contributed by atoms with E-state index in [-0.39, 0.29) is 10.7 Å². The number of amides is 1. The SMILES string of the molecule is CC(C(=O)NN)c1ncc(C(F)(F)F)cc1Cl. The number of hydrazine groups is 1. The molecule has 1 rings (SSSR count). The zero-order chi connectivity index (χ0) is 13.2. The fraction of sp³-hybridized carbons (Fsp3) is 0.333. The van der Waals surface area contributed by atoms with Crippen LogP contribution in [0.2, 0.25) is 5.02 Å². The number of aromatic nitrogens is 1. The Hall–Kier alpha value is -1.34. The largest absolute Gasteiger partial charge is 0.417 e. The molecule has 0 radical (unpaired) electrons. The number of halogens is 4. The summed E-state index contributed by atoms with van der Waals surface area (Å²) in [6, 6.07) is 0.726. The Morgan fingerprint density at radius 2 is 2.18 bits per heavy atom. The molecule has 4 nitrogen and oxygen atoms in total. The first-order valence-electron chi connectivity index (χ1n) is 4.50. The van der Waals surface area contributed by atoms with E-state index in [2.05, 4.69) is 4.98 Å². The number of alkyl halides is 3. The second kappa shape index (κ2) is 4.89. The Morgan fingerprint density at radius 1 is 1.59 bits per heavy atom. The fourth-order valence-corrected chi connectivity index (χ4v) is 1.50. The fourth-order valence-electron chi connectivity index (χ4n) is 1.17. The van der Waals surface area contributed by atoms with Gasteiger partial charge in [0.2, 0.25) is 5.91 Å². The van der Waals surface area contributed by atoms with Crippen molar-refractivity contribution in [1.82, 2.24) is 10.4 Å². The molecule has 17 heavy (non-hydrogen) atoms. The molecule has 0 bridgehead atoms. The van der Waals surface area contributed by atoms with Crippen LogP contribution in [0.25, 0.3) is 0 Å². The van der Waals surface area contributed by atoms with E-state index < -0.39 is 23.6 Å². The molecule has 1 amide bonds. The minimum absolute atomic E-state index is 0.0441. The van der Waals surface area contributed by atoms with Gasteiger partial charge in [0.15, 0.2) is 0 Å². The summed E-state index contributed by atoms with van der Waals surface area (Å²) in [5.41, 5.74) is 0.953. The van der Waals surface area contributed by atoms with Crippen LogP contribution < -0.4 is 11.3 Å². The Kier molecular flexibility index (Phi) is 3.94. The number of nitrogens with one attached hydrogen (secondary N) is 1. The van der Waals surface area contributed by atoms with E-state index in [1.165, 1.54) is 6.92 Å². The molecule has 1 heterocycles. The second-order valence-corrected chi connectivity index (χ2v) is 3.73. The maximum Gasteiger partial charge on any atom is 0.417 e. The lowest BCUT2D eigenvalue weighted by molar-refractivity contribution is -0.137. The van der Waals surface area contributed by atoms with Gasteiger partial charge in [0.05, 0.1) is 22.2 Å². The maximum absolute atomic E-state index is 12.3. The zero-order valence-electron chi connectivity index (χ0n) is 8.68. The van der Waals surface area contributed by atoms with Gasteiger partial charge in [-0.25, -0.2) is 5.84 Å². The number of pyridine rings is 1. The molecule has 0 saturated carbocycles. The van der Waals surface area contributed by atoms with E-state index in [1.54, 1.807) is 0 Å². The van der Waals surface area contributed by atoms with Gasteiger partial charge in [0, 0.05) is 6.20 Å². The number of hydrogen-bond acceptors (Lipinski definition) is 3. The topological polar surface area (TPSA) is 68.0 Å². The standard InChI is InChI=1S/C9H9ClF3N3O/c1-4(8(17)16-14)7-6(10)2-5(3-15-7)9(11,12)13/h2-4H,14H2,1H3,(H,16,17). The normalized spacial score (nSPS) is 13.3. The van der Waals surface area contributed by atoms with E-state index in [9.17, 15) is 18.0 Å². The van der Waals surface area contributed by atoms with E-state index in [1.807, 2.05) is 5.43 Å². The van der Waals surface area contributed by atoms with Crippen LogP contribution in [-0.4, -0.2) is 10.9 Å². The summed E-state index contributed by atoms with van der Waals surface area (Å²) in [5.74, 6) is 3.50. The van der Waals surface area contributed by atoms with Crippen LogP contribution in [-0.2, 0) is 11.0 Å². The quantitative estimate of drug-likeness (QED) is 0.488. The van der Waals surface area contributed by atoms with Crippen LogP contribution in [0, 0.1) is 0 Å². The summed E-state index contributed by atoms with van der Waals surface area (Å²) in [5, 5.41) is -0.226. The third-order valence-electron chi connectivity index (χ3n) is 2.14. The van der Waals surface area contributed by atoms with Crippen molar-refractivity contribution in [2.45, 2.75) is 19.0 Å². The van der Waals surface area contributed by atoms with Crippen LogP contribution in [0.5, 0.6) is 0 Å². The van der Waals surface area contributed by atoms with Gasteiger partial charge < -0.3 is 0 Å². The minimum Gasteiger partial charge on any atom is -0.294 e. The molecule has 0 aliphatic carbocycles. The number of carbonyl (C=O) groups excluding carboxylic acids is 1. The highest BCUT2D eigenvalue weighted by Gasteiger charge is 2.32. The highest BCUT2D eigenvalue weighted by molar-refractivity contribution is 6.31. The number of rotatable bonds is 2. The van der Waals surface area contributed by atoms with E-state index >= 15 is 0 Å². The highest BCUT2D eigenvalue weighted by Crippen LogP contribution is 2.32. The molecule has 8 heteroatoms. The lowest BCUT2D eigenvalue weighted by atomic mass is 10.1. The Labute approximate surface area is 99.9 Å². The number of hydrogen-bond donors (Lipinski definition) is 2. The summed E-state index contributed by atoms with van der Waals surface area (Å²) in [6.45, 7) is 1.43. The first-order chi connectivity index (χ1) is 7.77. The van der Waals surface area contributed by atoms with Gasteiger partial charge in [0.1, 0.15) is 0 Å². The number of nitrogens with two attached hydrogens (primary N) is 1. The Balaban J connectivity index is 3.10. The Bertz CT molecular complexity index is 436. The predicted octanol–water partition coefficient (Wildman–Crippen LogP) is 1.85. The molecule has 94 valence electrons. The van der Waals surface area contributed by atoms with Crippen molar-refractivity contribution in [3.05, 3.63) is 28.5 Å². The molecular formula is C9H9ClF3N3O. The Morgan fingerprint density at radius 3 is 2.59 bits per heavy atom. The molecule has 1 unspecified atom stereocenters. The number of nitrogens with zero attached hydrogens (tertiary/aromatic N) is 1. The molecular weight excluding hydrogens is 259 g/mol. The summed E-state index contributed by atoms with van der Waals surface area (Å²) in [4.78, 5) is 14.7. The van der Waals surface area contributed by atoms with Gasteiger partial charge in [-0.15, -0.1) is 0 Å². The third kappa shape index (κ3) is 3.07. The van der Waals surface area contributed by atoms with E-state index in [0.717, 1.165) is 6.07 Å². The molecule has 0 saturated heterocycles.